The molecule has 158 valence electrons. The summed E-state index contributed by atoms with van der Waals surface area (Å²) in [6, 6.07) is 0. The van der Waals surface area contributed by atoms with E-state index in [1.807, 2.05) is 0 Å². The van der Waals surface area contributed by atoms with Crippen molar-refractivity contribution in [2.45, 2.75) is 122 Å². The quantitative estimate of drug-likeness (QED) is 0.217. The molecule has 0 saturated heterocycles. The molecule has 0 aromatic carbocycles. The number of hydrogen-bond acceptors (Lipinski definition) is 4. The summed E-state index contributed by atoms with van der Waals surface area (Å²) in [6.45, 7) is 5.58. The molecule has 26 heavy (non-hydrogen) atoms. The highest BCUT2D eigenvalue weighted by Gasteiger charge is 2.34. The van der Waals surface area contributed by atoms with Crippen molar-refractivity contribution < 1.29 is 17.7 Å². The van der Waals surface area contributed by atoms with Gasteiger partial charge in [-0.3, -0.25) is 4.18 Å². The van der Waals surface area contributed by atoms with Crippen LogP contribution in [0.1, 0.15) is 117 Å². The van der Waals surface area contributed by atoms with Gasteiger partial charge in [0.15, 0.2) is 0 Å². The first-order valence-corrected chi connectivity index (χ1v) is 12.3. The summed E-state index contributed by atoms with van der Waals surface area (Å²) in [5, 5.41) is 8.95. The van der Waals surface area contributed by atoms with Crippen LogP contribution in [0.3, 0.4) is 0 Å². The first kappa shape index (κ1) is 25.9. The number of aliphatic hydroxyl groups is 1. The molecule has 0 unspecified atom stereocenters. The molecule has 0 amide bonds. The maximum Gasteiger partial charge on any atom is 0.272 e. The highest BCUT2D eigenvalue weighted by atomic mass is 32.2. The monoisotopic (exact) mass is 392 g/mol. The minimum atomic E-state index is -3.60. The number of rotatable bonds is 19. The van der Waals surface area contributed by atoms with Crippen LogP contribution >= 0.6 is 0 Å². The maximum absolute atomic E-state index is 12.0. The Kier molecular flexibility index (Phi) is 15.8. The number of unbranched alkanes of at least 4 members (excludes halogenated alkanes) is 13. The van der Waals surface area contributed by atoms with Gasteiger partial charge >= 0.3 is 0 Å². The Morgan fingerprint density at radius 1 is 0.731 bits per heavy atom. The van der Waals surface area contributed by atoms with Gasteiger partial charge in [0.1, 0.15) is 0 Å². The standard InChI is InChI=1S/C21H44O4S/c1-4-5-6-7-8-9-10-11-12-13-14-15-16-17-20-25-26(23,24)21(2,3)18-19-22/h22H,4-20H2,1-3H3. The summed E-state index contributed by atoms with van der Waals surface area (Å²) < 4.78 is 28.2. The van der Waals surface area contributed by atoms with Crippen LogP contribution in [0, 0.1) is 0 Å². The van der Waals surface area contributed by atoms with Gasteiger partial charge in [0.2, 0.25) is 0 Å². The molecule has 0 bridgehead atoms. The van der Waals surface area contributed by atoms with Crippen LogP contribution in [0.5, 0.6) is 0 Å². The molecule has 0 fully saturated rings. The van der Waals surface area contributed by atoms with E-state index in [1.54, 1.807) is 13.8 Å². The lowest BCUT2D eigenvalue weighted by molar-refractivity contribution is 0.252. The third-order valence-corrected chi connectivity index (χ3v) is 7.16. The Morgan fingerprint density at radius 3 is 1.50 bits per heavy atom. The van der Waals surface area contributed by atoms with Crippen molar-refractivity contribution in [2.24, 2.45) is 0 Å². The molecule has 4 nitrogen and oxygen atoms in total. The molecule has 0 aliphatic heterocycles. The second kappa shape index (κ2) is 15.9. The third-order valence-electron chi connectivity index (χ3n) is 5.13. The van der Waals surface area contributed by atoms with Crippen molar-refractivity contribution in [2.75, 3.05) is 13.2 Å². The molecular weight excluding hydrogens is 348 g/mol. The lowest BCUT2D eigenvalue weighted by atomic mass is 10.0. The zero-order valence-electron chi connectivity index (χ0n) is 17.6. The normalized spacial score (nSPS) is 12.6. The summed E-state index contributed by atoms with van der Waals surface area (Å²) in [6.07, 6.45) is 18.1. The van der Waals surface area contributed by atoms with Crippen molar-refractivity contribution in [3.63, 3.8) is 0 Å². The Balaban J connectivity index is 3.41. The molecule has 0 radical (unpaired) electrons. The van der Waals surface area contributed by atoms with E-state index in [0.29, 0.717) is 0 Å². The van der Waals surface area contributed by atoms with Gasteiger partial charge in [-0.25, -0.2) is 0 Å². The third kappa shape index (κ3) is 13.1. The van der Waals surface area contributed by atoms with Crippen molar-refractivity contribution >= 4 is 10.1 Å². The Bertz CT molecular complexity index is 404. The molecule has 0 saturated carbocycles. The summed E-state index contributed by atoms with van der Waals surface area (Å²) >= 11 is 0. The predicted octanol–water partition coefficient (Wildman–Crippen LogP) is 5.98. The number of hydrogen-bond donors (Lipinski definition) is 1. The van der Waals surface area contributed by atoms with Crippen LogP contribution < -0.4 is 0 Å². The average molecular weight is 393 g/mol. The van der Waals surface area contributed by atoms with E-state index in [-0.39, 0.29) is 19.6 Å². The molecule has 0 aromatic rings. The fourth-order valence-corrected chi connectivity index (χ4v) is 4.02. The Morgan fingerprint density at radius 2 is 1.12 bits per heavy atom. The van der Waals surface area contributed by atoms with Crippen molar-refractivity contribution in [3.05, 3.63) is 0 Å². The highest BCUT2D eigenvalue weighted by molar-refractivity contribution is 7.88. The van der Waals surface area contributed by atoms with E-state index in [4.69, 9.17) is 9.29 Å². The molecule has 0 atom stereocenters. The molecular formula is C21H44O4S. The summed E-state index contributed by atoms with van der Waals surface area (Å²) in [7, 11) is -3.60. The maximum atomic E-state index is 12.0. The highest BCUT2D eigenvalue weighted by Crippen LogP contribution is 2.22. The molecule has 0 spiro atoms. The summed E-state index contributed by atoms with van der Waals surface area (Å²) in [5.41, 5.74) is 0. The Labute approximate surface area is 163 Å². The molecule has 0 aliphatic carbocycles. The molecule has 5 heteroatoms. The van der Waals surface area contributed by atoms with Gasteiger partial charge < -0.3 is 5.11 Å². The van der Waals surface area contributed by atoms with Crippen LogP contribution in [0.25, 0.3) is 0 Å². The predicted molar refractivity (Wildman–Crippen MR) is 111 cm³/mol. The van der Waals surface area contributed by atoms with Crippen LogP contribution in [0.4, 0.5) is 0 Å². The van der Waals surface area contributed by atoms with Gasteiger partial charge in [0, 0.05) is 6.61 Å². The van der Waals surface area contributed by atoms with Crippen LogP contribution in [0.2, 0.25) is 0 Å². The second-order valence-corrected chi connectivity index (χ2v) is 10.4. The minimum Gasteiger partial charge on any atom is -0.396 e. The van der Waals surface area contributed by atoms with Crippen molar-refractivity contribution in [1.82, 2.24) is 0 Å². The van der Waals surface area contributed by atoms with E-state index in [1.165, 1.54) is 70.6 Å². The fourth-order valence-electron chi connectivity index (χ4n) is 3.02. The van der Waals surface area contributed by atoms with E-state index in [0.717, 1.165) is 19.3 Å². The van der Waals surface area contributed by atoms with E-state index >= 15 is 0 Å². The molecule has 0 aliphatic rings. The van der Waals surface area contributed by atoms with Gasteiger partial charge in [-0.1, -0.05) is 90.4 Å². The lowest BCUT2D eigenvalue weighted by Gasteiger charge is -2.22. The smallest absolute Gasteiger partial charge is 0.272 e. The zero-order chi connectivity index (χ0) is 19.7. The van der Waals surface area contributed by atoms with Crippen LogP contribution in [-0.2, 0) is 14.3 Å². The molecule has 0 heterocycles. The summed E-state index contributed by atoms with van der Waals surface area (Å²) in [5.74, 6) is 0. The van der Waals surface area contributed by atoms with Crippen LogP contribution in [0.15, 0.2) is 0 Å². The zero-order valence-corrected chi connectivity index (χ0v) is 18.4. The largest absolute Gasteiger partial charge is 0.396 e. The second-order valence-electron chi connectivity index (χ2n) is 8.11. The van der Waals surface area contributed by atoms with Crippen LogP contribution in [-0.4, -0.2) is 31.5 Å². The van der Waals surface area contributed by atoms with Gasteiger partial charge in [-0.05, 0) is 26.7 Å². The topological polar surface area (TPSA) is 63.6 Å². The number of aliphatic hydroxyl groups excluding tert-OH is 1. The van der Waals surface area contributed by atoms with Crippen molar-refractivity contribution in [1.29, 1.82) is 0 Å². The first-order valence-electron chi connectivity index (χ1n) is 10.9. The SMILES string of the molecule is CCCCCCCCCCCCCCCCOS(=O)(=O)C(C)(C)CCO. The Hall–Kier alpha value is -0.130. The van der Waals surface area contributed by atoms with Gasteiger partial charge in [0.25, 0.3) is 10.1 Å². The lowest BCUT2D eigenvalue weighted by Crippen LogP contribution is -2.34. The van der Waals surface area contributed by atoms with Crippen molar-refractivity contribution in [3.8, 4) is 0 Å². The van der Waals surface area contributed by atoms with Gasteiger partial charge in [-0.2, -0.15) is 8.42 Å². The van der Waals surface area contributed by atoms with E-state index in [9.17, 15) is 8.42 Å². The molecule has 1 N–H and O–H groups in total. The van der Waals surface area contributed by atoms with Gasteiger partial charge in [-0.15, -0.1) is 0 Å². The molecule has 0 rings (SSSR count). The summed E-state index contributed by atoms with van der Waals surface area (Å²) in [4.78, 5) is 0. The van der Waals surface area contributed by atoms with Gasteiger partial charge in [0.05, 0.1) is 11.4 Å². The van der Waals surface area contributed by atoms with E-state index in [2.05, 4.69) is 6.92 Å². The van der Waals surface area contributed by atoms with E-state index < -0.39 is 14.9 Å². The first-order chi connectivity index (χ1) is 12.4. The average Bonchev–Trinajstić information content (AvgIpc) is 2.58. The molecule has 0 aromatic heterocycles. The minimum absolute atomic E-state index is 0.144. The fraction of sp³-hybridized carbons (Fsp3) is 1.00.